The molecule has 1 aromatic carbocycles. The Bertz CT molecular complexity index is 756. The molecule has 0 heterocycles. The predicted octanol–water partition coefficient (Wildman–Crippen LogP) is 5.37. The molecule has 1 saturated carbocycles. The van der Waals surface area contributed by atoms with Gasteiger partial charge < -0.3 is 19.7 Å². The van der Waals surface area contributed by atoms with Crippen LogP contribution in [0, 0.1) is 11.8 Å². The summed E-state index contributed by atoms with van der Waals surface area (Å²) in [4.78, 5) is 27.6. The number of alkyl carbamates (subject to hydrolysis) is 1. The number of carbonyl (C=O) groups is 2. The van der Waals surface area contributed by atoms with Gasteiger partial charge in [-0.05, 0) is 83.2 Å². The number of benzene rings is 1. The van der Waals surface area contributed by atoms with Gasteiger partial charge in [0.15, 0.2) is 0 Å². The molecule has 1 N–H and O–H groups in total. The standard InChI is InChI=1S/C26H42N2O4/c1-8-18(2)23(27-25(30)32-26(3,4)5)24(29)31-21-14-11-13-19(16-21)22-15-10-9-12-20(22)17-28(6)7/h11,13-14,16,18,20,22-23H,8-10,12,15,17H2,1-7H3,(H,27,30)/t18-,20?,22-,23-/m0/s1. The van der Waals surface area contributed by atoms with E-state index in [1.807, 2.05) is 32.0 Å². The number of nitrogens with one attached hydrogen (secondary N) is 1. The van der Waals surface area contributed by atoms with Crippen LogP contribution in [-0.4, -0.2) is 49.2 Å². The number of carbonyl (C=O) groups excluding carboxylic acids is 2. The van der Waals surface area contributed by atoms with Gasteiger partial charge in [-0.2, -0.15) is 0 Å². The van der Waals surface area contributed by atoms with E-state index in [1.54, 1.807) is 20.8 Å². The van der Waals surface area contributed by atoms with Gasteiger partial charge in [-0.25, -0.2) is 9.59 Å². The molecule has 4 atom stereocenters. The second-order valence-corrected chi connectivity index (χ2v) is 10.4. The van der Waals surface area contributed by atoms with Gasteiger partial charge in [0.25, 0.3) is 0 Å². The molecule has 2 rings (SSSR count). The molecule has 1 fully saturated rings. The fourth-order valence-corrected chi connectivity index (χ4v) is 4.43. The van der Waals surface area contributed by atoms with E-state index in [1.165, 1.54) is 24.8 Å². The molecule has 1 aliphatic carbocycles. The molecule has 6 nitrogen and oxygen atoms in total. The van der Waals surface area contributed by atoms with Gasteiger partial charge in [-0.3, -0.25) is 0 Å². The van der Waals surface area contributed by atoms with E-state index in [0.717, 1.165) is 19.4 Å². The molecule has 0 saturated heterocycles. The summed E-state index contributed by atoms with van der Waals surface area (Å²) in [5.41, 5.74) is 0.591. The quantitative estimate of drug-likeness (QED) is 0.430. The molecule has 6 heteroatoms. The molecular formula is C26H42N2O4. The summed E-state index contributed by atoms with van der Waals surface area (Å²) in [6, 6.07) is 7.14. The molecule has 0 aliphatic heterocycles. The minimum absolute atomic E-state index is 0.0824. The Balaban J connectivity index is 2.14. The highest BCUT2D eigenvalue weighted by molar-refractivity contribution is 5.83. The van der Waals surface area contributed by atoms with E-state index in [0.29, 0.717) is 17.6 Å². The first-order valence-corrected chi connectivity index (χ1v) is 12.0. The summed E-state index contributed by atoms with van der Waals surface area (Å²) in [5, 5.41) is 2.71. The average Bonchev–Trinajstić information content (AvgIpc) is 2.70. The summed E-state index contributed by atoms with van der Waals surface area (Å²) in [6.45, 7) is 10.4. The number of amides is 1. The van der Waals surface area contributed by atoms with Crippen LogP contribution in [0.5, 0.6) is 5.75 Å². The van der Waals surface area contributed by atoms with Crippen LogP contribution in [0.1, 0.15) is 78.2 Å². The molecule has 32 heavy (non-hydrogen) atoms. The summed E-state index contributed by atoms with van der Waals surface area (Å²) in [7, 11) is 4.24. The Morgan fingerprint density at radius 2 is 1.88 bits per heavy atom. The van der Waals surface area contributed by atoms with E-state index >= 15 is 0 Å². The van der Waals surface area contributed by atoms with E-state index in [-0.39, 0.29) is 5.92 Å². The van der Waals surface area contributed by atoms with Crippen LogP contribution >= 0.6 is 0 Å². The van der Waals surface area contributed by atoms with Crippen LogP contribution in [0.25, 0.3) is 0 Å². The molecule has 0 spiro atoms. The Morgan fingerprint density at radius 1 is 1.19 bits per heavy atom. The van der Waals surface area contributed by atoms with Crippen molar-refractivity contribution >= 4 is 12.1 Å². The third-order valence-electron chi connectivity index (χ3n) is 6.15. The summed E-state index contributed by atoms with van der Waals surface area (Å²) in [6.07, 6.45) is 5.01. The van der Waals surface area contributed by atoms with E-state index in [2.05, 4.69) is 30.4 Å². The Hall–Kier alpha value is -2.08. The fourth-order valence-electron chi connectivity index (χ4n) is 4.43. The van der Waals surface area contributed by atoms with Gasteiger partial charge in [0.2, 0.25) is 0 Å². The third kappa shape index (κ3) is 8.12. The average molecular weight is 447 g/mol. The minimum atomic E-state index is -0.769. The zero-order chi connectivity index (χ0) is 23.9. The van der Waals surface area contributed by atoms with Gasteiger partial charge in [0.05, 0.1) is 0 Å². The monoisotopic (exact) mass is 446 g/mol. The fraction of sp³-hybridized carbons (Fsp3) is 0.692. The lowest BCUT2D eigenvalue weighted by Gasteiger charge is -2.34. The first-order valence-electron chi connectivity index (χ1n) is 12.0. The number of hydrogen-bond donors (Lipinski definition) is 1. The van der Waals surface area contributed by atoms with Crippen molar-refractivity contribution in [3.8, 4) is 5.75 Å². The van der Waals surface area contributed by atoms with Crippen molar-refractivity contribution in [1.29, 1.82) is 0 Å². The lowest BCUT2D eigenvalue weighted by Crippen LogP contribution is -2.48. The number of esters is 1. The first kappa shape index (κ1) is 26.2. The molecular weight excluding hydrogens is 404 g/mol. The highest BCUT2D eigenvalue weighted by Crippen LogP contribution is 2.39. The van der Waals surface area contributed by atoms with Crippen LogP contribution < -0.4 is 10.1 Å². The summed E-state index contributed by atoms with van der Waals surface area (Å²) in [5.74, 6) is 1.05. The van der Waals surface area contributed by atoms with E-state index in [4.69, 9.17) is 9.47 Å². The Labute approximate surface area is 194 Å². The number of nitrogens with zero attached hydrogens (tertiary/aromatic N) is 1. The van der Waals surface area contributed by atoms with Crippen molar-refractivity contribution in [1.82, 2.24) is 10.2 Å². The van der Waals surface area contributed by atoms with Gasteiger partial charge in [-0.15, -0.1) is 0 Å². The van der Waals surface area contributed by atoms with E-state index < -0.39 is 23.7 Å². The van der Waals surface area contributed by atoms with E-state index in [9.17, 15) is 9.59 Å². The number of ether oxygens (including phenoxy) is 2. The van der Waals surface area contributed by atoms with Gasteiger partial charge in [0, 0.05) is 6.54 Å². The molecule has 0 radical (unpaired) electrons. The Kier molecular flexibility index (Phi) is 9.56. The smallest absolute Gasteiger partial charge is 0.408 e. The largest absolute Gasteiger partial charge is 0.444 e. The van der Waals surface area contributed by atoms with Crippen molar-refractivity contribution in [3.05, 3.63) is 29.8 Å². The lowest BCUT2D eigenvalue weighted by atomic mass is 9.75. The maximum absolute atomic E-state index is 13.0. The number of hydrogen-bond acceptors (Lipinski definition) is 5. The van der Waals surface area contributed by atoms with Crippen molar-refractivity contribution in [2.45, 2.75) is 84.3 Å². The summed E-state index contributed by atoms with van der Waals surface area (Å²) >= 11 is 0. The van der Waals surface area contributed by atoms with Crippen molar-refractivity contribution < 1.29 is 19.1 Å². The highest BCUT2D eigenvalue weighted by atomic mass is 16.6. The molecule has 1 amide bonds. The second-order valence-electron chi connectivity index (χ2n) is 10.4. The maximum Gasteiger partial charge on any atom is 0.408 e. The van der Waals surface area contributed by atoms with Crippen LogP contribution in [0.3, 0.4) is 0 Å². The van der Waals surface area contributed by atoms with Crippen molar-refractivity contribution in [2.75, 3.05) is 20.6 Å². The van der Waals surface area contributed by atoms with Gasteiger partial charge in [0.1, 0.15) is 17.4 Å². The zero-order valence-corrected chi connectivity index (χ0v) is 20.9. The zero-order valence-electron chi connectivity index (χ0n) is 20.9. The van der Waals surface area contributed by atoms with Crippen LogP contribution in [0.15, 0.2) is 24.3 Å². The maximum atomic E-state index is 13.0. The molecule has 0 bridgehead atoms. The lowest BCUT2D eigenvalue weighted by molar-refractivity contribution is -0.138. The van der Waals surface area contributed by atoms with Crippen molar-refractivity contribution in [3.63, 3.8) is 0 Å². The normalized spacial score (nSPS) is 21.0. The SMILES string of the molecule is CC[C@H](C)[C@H](NC(=O)OC(C)(C)C)C(=O)Oc1cccc([C@@H]2CCCCC2CN(C)C)c1. The molecule has 1 aliphatic rings. The highest BCUT2D eigenvalue weighted by Gasteiger charge is 2.31. The molecule has 180 valence electrons. The van der Waals surface area contributed by atoms with Gasteiger partial charge in [-0.1, -0.05) is 45.2 Å². The van der Waals surface area contributed by atoms with Crippen molar-refractivity contribution in [2.24, 2.45) is 11.8 Å². The van der Waals surface area contributed by atoms with Crippen LogP contribution in [0.4, 0.5) is 4.79 Å². The Morgan fingerprint density at radius 3 is 2.50 bits per heavy atom. The molecule has 1 unspecified atom stereocenters. The first-order chi connectivity index (χ1) is 15.0. The van der Waals surface area contributed by atoms with Crippen LogP contribution in [0.2, 0.25) is 0 Å². The van der Waals surface area contributed by atoms with Gasteiger partial charge >= 0.3 is 12.1 Å². The third-order valence-corrected chi connectivity index (χ3v) is 6.15. The number of rotatable bonds is 8. The summed E-state index contributed by atoms with van der Waals surface area (Å²) < 4.78 is 11.1. The predicted molar refractivity (Wildman–Crippen MR) is 128 cm³/mol. The molecule has 0 aromatic heterocycles. The minimum Gasteiger partial charge on any atom is -0.444 e. The topological polar surface area (TPSA) is 67.9 Å². The molecule has 1 aromatic rings. The van der Waals surface area contributed by atoms with Crippen LogP contribution in [-0.2, 0) is 9.53 Å². The second kappa shape index (κ2) is 11.7.